The van der Waals surface area contributed by atoms with E-state index in [1.165, 1.54) is 6.07 Å². The van der Waals surface area contributed by atoms with Crippen LogP contribution < -0.4 is 10.0 Å². The molecular formula is C34H45FN6O2S. The Morgan fingerprint density at radius 3 is 2.43 bits per heavy atom. The number of anilines is 1. The summed E-state index contributed by atoms with van der Waals surface area (Å²) in [4.78, 5) is 39.8. The van der Waals surface area contributed by atoms with Crippen molar-refractivity contribution in [3.05, 3.63) is 77.1 Å². The summed E-state index contributed by atoms with van der Waals surface area (Å²) in [5, 5.41) is 4.11. The van der Waals surface area contributed by atoms with Gasteiger partial charge in [-0.15, -0.1) is 0 Å². The Kier molecular flexibility index (Phi) is 10.0. The number of carbonyl (C=O) groups is 2. The van der Waals surface area contributed by atoms with Gasteiger partial charge in [0.15, 0.2) is 0 Å². The highest BCUT2D eigenvalue weighted by Crippen LogP contribution is 2.36. The first kappa shape index (κ1) is 33.4. The summed E-state index contributed by atoms with van der Waals surface area (Å²) < 4.78 is 17.3. The third kappa shape index (κ3) is 8.34. The molecule has 1 saturated heterocycles. The minimum absolute atomic E-state index is 0.00662. The van der Waals surface area contributed by atoms with Crippen LogP contribution in [0.4, 0.5) is 10.2 Å². The Labute approximate surface area is 265 Å². The Balaban J connectivity index is 1.47. The average molecular weight is 621 g/mol. The van der Waals surface area contributed by atoms with Crippen LogP contribution in [-0.4, -0.2) is 44.3 Å². The van der Waals surface area contributed by atoms with Gasteiger partial charge in [0.1, 0.15) is 10.8 Å². The zero-order chi connectivity index (χ0) is 32.3. The van der Waals surface area contributed by atoms with Crippen molar-refractivity contribution in [2.45, 2.75) is 102 Å². The molecule has 2 unspecified atom stereocenters. The van der Waals surface area contributed by atoms with Crippen LogP contribution in [0.15, 0.2) is 53.7 Å². The minimum Gasteiger partial charge on any atom is -0.362 e. The molecule has 3 aromatic heterocycles. The molecule has 1 aliphatic heterocycles. The number of nitrogens with zero attached hydrogens (tertiary/aromatic N) is 4. The van der Waals surface area contributed by atoms with Crippen molar-refractivity contribution < 1.29 is 14.0 Å². The van der Waals surface area contributed by atoms with Gasteiger partial charge in [-0.1, -0.05) is 53.7 Å². The van der Waals surface area contributed by atoms with Crippen LogP contribution in [0.3, 0.4) is 0 Å². The van der Waals surface area contributed by atoms with Crippen LogP contribution in [-0.2, 0) is 15.6 Å². The lowest BCUT2D eigenvalue weighted by Gasteiger charge is -2.27. The van der Waals surface area contributed by atoms with Crippen molar-refractivity contribution in [2.75, 3.05) is 11.9 Å². The van der Waals surface area contributed by atoms with Crippen LogP contribution in [0.5, 0.6) is 0 Å². The molecule has 0 bridgehead atoms. The lowest BCUT2D eigenvalue weighted by Crippen LogP contribution is -2.36. The van der Waals surface area contributed by atoms with E-state index in [1.54, 1.807) is 12.1 Å². The van der Waals surface area contributed by atoms with Gasteiger partial charge in [0, 0.05) is 41.3 Å². The molecule has 1 aliphatic rings. The van der Waals surface area contributed by atoms with Crippen LogP contribution in [0.2, 0.25) is 0 Å². The number of likely N-dealkylation sites (tertiary alicyclic amines) is 1. The summed E-state index contributed by atoms with van der Waals surface area (Å²) >= 11 is 1.02. The predicted molar refractivity (Wildman–Crippen MR) is 174 cm³/mol. The van der Waals surface area contributed by atoms with Gasteiger partial charge in [0.25, 0.3) is 5.91 Å². The van der Waals surface area contributed by atoms with Crippen molar-refractivity contribution in [3.8, 4) is 0 Å². The highest BCUT2D eigenvalue weighted by molar-refractivity contribution is 7.97. The van der Waals surface area contributed by atoms with Crippen LogP contribution in [0.25, 0.3) is 0 Å². The number of aromatic nitrogens is 3. The van der Waals surface area contributed by atoms with Gasteiger partial charge in [0.2, 0.25) is 12.4 Å². The SMILES string of the molecule is CC(C)(C)c1ccc(C(CCC2CN(C=O)C(C)(C)C2)Nc2cccc(SNC(=O)c3ccc(C(C)(C)C)nc3F)n2)nc1. The number of hydrogen-bond donors (Lipinski definition) is 2. The molecule has 3 aromatic rings. The van der Waals surface area contributed by atoms with E-state index in [1.807, 2.05) is 44.0 Å². The molecule has 2 atom stereocenters. The first-order valence-corrected chi connectivity index (χ1v) is 15.9. The van der Waals surface area contributed by atoms with Gasteiger partial charge in [-0.3, -0.25) is 19.3 Å². The number of rotatable bonds is 10. The first-order valence-electron chi connectivity index (χ1n) is 15.1. The maximum atomic E-state index is 14.7. The molecule has 4 rings (SSSR count). The summed E-state index contributed by atoms with van der Waals surface area (Å²) in [6.45, 7) is 17.3. The fraction of sp³-hybridized carbons (Fsp3) is 0.500. The lowest BCUT2D eigenvalue weighted by molar-refractivity contribution is -0.120. The molecular weight excluding hydrogens is 575 g/mol. The first-order chi connectivity index (χ1) is 20.6. The molecule has 0 spiro atoms. The largest absolute Gasteiger partial charge is 0.362 e. The molecule has 2 N–H and O–H groups in total. The molecule has 2 amide bonds. The zero-order valence-electron chi connectivity index (χ0n) is 27.1. The molecule has 4 heterocycles. The van der Waals surface area contributed by atoms with E-state index in [4.69, 9.17) is 9.97 Å². The number of hydrogen-bond acceptors (Lipinski definition) is 7. The highest BCUT2D eigenvalue weighted by Gasteiger charge is 2.37. The smallest absolute Gasteiger partial charge is 0.266 e. The third-order valence-corrected chi connectivity index (χ3v) is 8.90. The molecule has 8 nitrogen and oxygen atoms in total. The monoisotopic (exact) mass is 620 g/mol. The predicted octanol–water partition coefficient (Wildman–Crippen LogP) is 7.23. The third-order valence-electron chi connectivity index (χ3n) is 8.18. The maximum Gasteiger partial charge on any atom is 0.266 e. The van der Waals surface area contributed by atoms with Crippen LogP contribution >= 0.6 is 11.9 Å². The van der Waals surface area contributed by atoms with E-state index < -0.39 is 11.9 Å². The number of nitrogens with one attached hydrogen (secondary N) is 2. The average Bonchev–Trinajstić information content (AvgIpc) is 3.26. The molecule has 236 valence electrons. The maximum absolute atomic E-state index is 14.7. The summed E-state index contributed by atoms with van der Waals surface area (Å²) in [5.74, 6) is -0.343. The molecule has 44 heavy (non-hydrogen) atoms. The second-order valence-corrected chi connectivity index (χ2v) is 15.1. The summed E-state index contributed by atoms with van der Waals surface area (Å²) in [5.41, 5.74) is 2.05. The number of amides is 2. The van der Waals surface area contributed by atoms with E-state index in [0.29, 0.717) is 22.5 Å². The van der Waals surface area contributed by atoms with Crippen molar-refractivity contribution in [1.29, 1.82) is 0 Å². The van der Waals surface area contributed by atoms with Crippen molar-refractivity contribution in [1.82, 2.24) is 24.6 Å². The molecule has 0 radical (unpaired) electrons. The zero-order valence-corrected chi connectivity index (χ0v) is 27.9. The second kappa shape index (κ2) is 13.2. The van der Waals surface area contributed by atoms with Gasteiger partial charge in [0.05, 0.1) is 17.3 Å². The molecule has 0 aliphatic carbocycles. The summed E-state index contributed by atoms with van der Waals surface area (Å²) in [6.07, 6.45) is 5.58. The normalized spacial score (nSPS) is 17.3. The Bertz CT molecular complexity index is 1470. The van der Waals surface area contributed by atoms with Crippen molar-refractivity contribution in [3.63, 3.8) is 0 Å². The number of pyridine rings is 3. The Morgan fingerprint density at radius 2 is 1.84 bits per heavy atom. The molecule has 0 saturated carbocycles. The Hall–Kier alpha value is -3.53. The summed E-state index contributed by atoms with van der Waals surface area (Å²) in [6, 6.07) is 12.8. The number of halogens is 1. The lowest BCUT2D eigenvalue weighted by atomic mass is 9.87. The summed E-state index contributed by atoms with van der Waals surface area (Å²) in [7, 11) is 0. The van der Waals surface area contributed by atoms with E-state index in [-0.39, 0.29) is 28.0 Å². The van der Waals surface area contributed by atoms with Gasteiger partial charge in [-0.25, -0.2) is 9.97 Å². The molecule has 0 aromatic carbocycles. The van der Waals surface area contributed by atoms with E-state index in [9.17, 15) is 14.0 Å². The topological polar surface area (TPSA) is 100 Å². The van der Waals surface area contributed by atoms with Gasteiger partial charge < -0.3 is 10.2 Å². The van der Waals surface area contributed by atoms with Gasteiger partial charge in [-0.05, 0) is 80.3 Å². The van der Waals surface area contributed by atoms with E-state index in [0.717, 1.165) is 55.4 Å². The second-order valence-electron chi connectivity index (χ2n) is 14.3. The van der Waals surface area contributed by atoms with Gasteiger partial charge in [-0.2, -0.15) is 4.39 Å². The molecule has 10 heteroatoms. The quantitative estimate of drug-likeness (QED) is 0.140. The minimum atomic E-state index is -0.798. The van der Waals surface area contributed by atoms with Gasteiger partial charge >= 0.3 is 0 Å². The number of carbonyl (C=O) groups excluding carboxylic acids is 2. The fourth-order valence-electron chi connectivity index (χ4n) is 5.45. The van der Waals surface area contributed by atoms with Crippen molar-refractivity contribution >= 4 is 30.1 Å². The van der Waals surface area contributed by atoms with Crippen molar-refractivity contribution in [2.24, 2.45) is 5.92 Å². The Morgan fingerprint density at radius 1 is 1.09 bits per heavy atom. The molecule has 1 fully saturated rings. The fourth-order valence-corrected chi connectivity index (χ4v) is 6.05. The van der Waals surface area contributed by atoms with E-state index >= 15 is 0 Å². The standard InChI is InChI=1S/C34H45FN6O2S/c1-32(2,3)23-13-16-25(36-19-23)26(15-12-22-18-34(7,8)41(20-22)21-42)37-28-10-9-11-29(39-28)44-40-31(43)24-14-17-27(33(4,5)6)38-30(24)35/h9-11,13-14,16-17,19,21-22,26H,12,15,18,20H2,1-8H3,(H,37,39)(H,40,43). The van der Waals surface area contributed by atoms with Crippen LogP contribution in [0.1, 0.15) is 108 Å². The van der Waals surface area contributed by atoms with Crippen LogP contribution in [0, 0.1) is 11.9 Å². The van der Waals surface area contributed by atoms with E-state index in [2.05, 4.69) is 61.8 Å². The highest BCUT2D eigenvalue weighted by atomic mass is 32.2.